The zero-order chi connectivity index (χ0) is 8.48. The molecule has 0 aromatic rings. The van der Waals surface area contributed by atoms with E-state index in [0.717, 1.165) is 0 Å². The number of rotatable bonds is 3. The zero-order valence-electron chi connectivity index (χ0n) is 6.66. The molecule has 1 aliphatic heterocycles. The summed E-state index contributed by atoms with van der Waals surface area (Å²) in [7, 11) is 0. The fourth-order valence-corrected chi connectivity index (χ4v) is 0.981. The molecule has 11 heavy (non-hydrogen) atoms. The average molecular weight is 160 g/mol. The third kappa shape index (κ3) is 1.52. The van der Waals surface area contributed by atoms with Gasteiger partial charge in [-0.15, -0.1) is 0 Å². The molecule has 0 aromatic heterocycles. The molecule has 0 saturated carbocycles. The van der Waals surface area contributed by atoms with Crippen LogP contribution in [-0.2, 0) is 14.3 Å². The molecule has 1 rings (SSSR count). The van der Waals surface area contributed by atoms with Crippen molar-refractivity contribution in [2.45, 2.75) is 25.6 Å². The molecular weight excluding hydrogens is 148 g/mol. The minimum Gasteiger partial charge on any atom is -0.479 e. The Labute approximate surface area is 65.1 Å². The van der Waals surface area contributed by atoms with Crippen LogP contribution in [0.2, 0.25) is 0 Å². The van der Waals surface area contributed by atoms with E-state index in [1.54, 1.807) is 0 Å². The molecule has 0 spiro atoms. The quantitative estimate of drug-likeness (QED) is 0.643. The van der Waals surface area contributed by atoms with Crippen LogP contribution in [-0.4, -0.2) is 36.0 Å². The molecule has 0 aromatic carbocycles. The van der Waals surface area contributed by atoms with Gasteiger partial charge >= 0.3 is 5.97 Å². The Morgan fingerprint density at radius 2 is 2.18 bits per heavy atom. The van der Waals surface area contributed by atoms with Gasteiger partial charge in [-0.2, -0.15) is 0 Å². The lowest BCUT2D eigenvalue weighted by atomic mass is 10.0. The first-order valence-electron chi connectivity index (χ1n) is 3.56. The molecule has 64 valence electrons. The van der Waals surface area contributed by atoms with Crippen LogP contribution in [0.25, 0.3) is 0 Å². The summed E-state index contributed by atoms with van der Waals surface area (Å²) >= 11 is 0. The van der Waals surface area contributed by atoms with Crippen LogP contribution in [0.4, 0.5) is 0 Å². The Kier molecular flexibility index (Phi) is 2.15. The van der Waals surface area contributed by atoms with E-state index in [-0.39, 0.29) is 19.3 Å². The lowest BCUT2D eigenvalue weighted by Gasteiger charge is -2.38. The van der Waals surface area contributed by atoms with Crippen LogP contribution in [0.5, 0.6) is 0 Å². The highest BCUT2D eigenvalue weighted by molar-refractivity contribution is 5.78. The van der Waals surface area contributed by atoms with Gasteiger partial charge < -0.3 is 14.6 Å². The summed E-state index contributed by atoms with van der Waals surface area (Å²) in [4.78, 5) is 10.6. The minimum absolute atomic E-state index is 0.0741. The summed E-state index contributed by atoms with van der Waals surface area (Å²) in [5.41, 5.74) is -1.06. The SMILES string of the molecule is CC(C)OC1(C(=O)O)COC1. The van der Waals surface area contributed by atoms with Crippen LogP contribution in [0.15, 0.2) is 0 Å². The van der Waals surface area contributed by atoms with E-state index in [1.807, 2.05) is 13.8 Å². The molecule has 0 bridgehead atoms. The number of carbonyl (C=O) groups is 1. The van der Waals surface area contributed by atoms with E-state index < -0.39 is 11.6 Å². The predicted molar refractivity (Wildman–Crippen MR) is 37.4 cm³/mol. The molecule has 0 atom stereocenters. The molecule has 0 amide bonds. The minimum atomic E-state index is -1.06. The van der Waals surface area contributed by atoms with Gasteiger partial charge in [-0.1, -0.05) is 0 Å². The lowest BCUT2D eigenvalue weighted by Crippen LogP contribution is -2.59. The maximum Gasteiger partial charge on any atom is 0.340 e. The molecule has 1 N–H and O–H groups in total. The van der Waals surface area contributed by atoms with Gasteiger partial charge in [0.1, 0.15) is 0 Å². The van der Waals surface area contributed by atoms with Crippen LogP contribution in [0, 0.1) is 0 Å². The molecule has 0 radical (unpaired) electrons. The van der Waals surface area contributed by atoms with Gasteiger partial charge in [0.05, 0.1) is 19.3 Å². The number of hydrogen-bond donors (Lipinski definition) is 1. The summed E-state index contributed by atoms with van der Waals surface area (Å²) in [5, 5.41) is 8.73. The van der Waals surface area contributed by atoms with E-state index in [0.29, 0.717) is 0 Å². The average Bonchev–Trinajstić information content (AvgIpc) is 1.77. The first-order chi connectivity index (χ1) is 5.07. The van der Waals surface area contributed by atoms with Crippen molar-refractivity contribution in [1.29, 1.82) is 0 Å². The van der Waals surface area contributed by atoms with Gasteiger partial charge in [0, 0.05) is 0 Å². The fourth-order valence-electron chi connectivity index (χ4n) is 0.981. The Balaban J connectivity index is 2.54. The van der Waals surface area contributed by atoms with Gasteiger partial charge in [-0.3, -0.25) is 0 Å². The predicted octanol–water partition coefficient (Wildman–Crippen LogP) is 0.265. The number of aliphatic carboxylic acids is 1. The lowest BCUT2D eigenvalue weighted by molar-refractivity contribution is -0.234. The highest BCUT2D eigenvalue weighted by Crippen LogP contribution is 2.23. The highest BCUT2D eigenvalue weighted by atomic mass is 16.6. The van der Waals surface area contributed by atoms with Gasteiger partial charge in [-0.25, -0.2) is 4.79 Å². The van der Waals surface area contributed by atoms with E-state index >= 15 is 0 Å². The maximum absolute atomic E-state index is 10.6. The van der Waals surface area contributed by atoms with Crippen molar-refractivity contribution >= 4 is 5.97 Å². The van der Waals surface area contributed by atoms with Crippen LogP contribution in [0.1, 0.15) is 13.8 Å². The molecule has 1 aliphatic rings. The Morgan fingerprint density at radius 1 is 1.64 bits per heavy atom. The standard InChI is InChI=1S/C7H12O4/c1-5(2)11-7(6(8)9)3-10-4-7/h5H,3-4H2,1-2H3,(H,8,9). The van der Waals surface area contributed by atoms with Gasteiger partial charge in [-0.05, 0) is 13.8 Å². The molecule has 0 unspecified atom stereocenters. The summed E-state index contributed by atoms with van der Waals surface area (Å²) < 4.78 is 10.0. The maximum atomic E-state index is 10.6. The summed E-state index contributed by atoms with van der Waals surface area (Å²) in [6.07, 6.45) is -0.0741. The second-order valence-corrected chi connectivity index (χ2v) is 2.96. The van der Waals surface area contributed by atoms with Gasteiger partial charge in [0.15, 0.2) is 0 Å². The highest BCUT2D eigenvalue weighted by Gasteiger charge is 2.48. The third-order valence-electron chi connectivity index (χ3n) is 1.52. The first-order valence-corrected chi connectivity index (χ1v) is 3.56. The van der Waals surface area contributed by atoms with Gasteiger partial charge in [0.2, 0.25) is 5.60 Å². The Morgan fingerprint density at radius 3 is 2.27 bits per heavy atom. The van der Waals surface area contributed by atoms with Crippen molar-refractivity contribution in [1.82, 2.24) is 0 Å². The Hall–Kier alpha value is -0.610. The Bertz CT molecular complexity index is 160. The first kappa shape index (κ1) is 8.49. The largest absolute Gasteiger partial charge is 0.479 e. The normalized spacial score (nSPS) is 21.4. The molecule has 0 aliphatic carbocycles. The number of hydrogen-bond acceptors (Lipinski definition) is 3. The van der Waals surface area contributed by atoms with E-state index in [1.165, 1.54) is 0 Å². The number of carboxylic acids is 1. The van der Waals surface area contributed by atoms with E-state index in [4.69, 9.17) is 14.6 Å². The number of ether oxygens (including phenoxy) is 2. The van der Waals surface area contributed by atoms with Crippen molar-refractivity contribution in [2.75, 3.05) is 13.2 Å². The van der Waals surface area contributed by atoms with E-state index in [9.17, 15) is 4.79 Å². The zero-order valence-corrected chi connectivity index (χ0v) is 6.66. The van der Waals surface area contributed by atoms with Crippen LogP contribution in [0.3, 0.4) is 0 Å². The molecule has 1 heterocycles. The van der Waals surface area contributed by atoms with Crippen LogP contribution >= 0.6 is 0 Å². The topological polar surface area (TPSA) is 55.8 Å². The van der Waals surface area contributed by atoms with E-state index in [2.05, 4.69) is 0 Å². The second-order valence-electron chi connectivity index (χ2n) is 2.96. The second kappa shape index (κ2) is 2.79. The molecular formula is C7H12O4. The summed E-state index contributed by atoms with van der Waals surface area (Å²) in [6.45, 7) is 3.95. The van der Waals surface area contributed by atoms with Crippen molar-refractivity contribution in [3.63, 3.8) is 0 Å². The van der Waals surface area contributed by atoms with Crippen LogP contribution < -0.4 is 0 Å². The molecule has 1 fully saturated rings. The smallest absolute Gasteiger partial charge is 0.340 e. The fraction of sp³-hybridized carbons (Fsp3) is 0.857. The molecule has 1 saturated heterocycles. The summed E-state index contributed by atoms with van der Waals surface area (Å²) in [5.74, 6) is -0.933. The monoisotopic (exact) mass is 160 g/mol. The van der Waals surface area contributed by atoms with Crippen molar-refractivity contribution < 1.29 is 19.4 Å². The number of carboxylic acid groups (broad SMARTS) is 1. The van der Waals surface area contributed by atoms with Crippen molar-refractivity contribution in [2.24, 2.45) is 0 Å². The third-order valence-corrected chi connectivity index (χ3v) is 1.52. The molecule has 4 nitrogen and oxygen atoms in total. The molecule has 4 heteroatoms. The van der Waals surface area contributed by atoms with Gasteiger partial charge in [0.25, 0.3) is 0 Å². The summed E-state index contributed by atoms with van der Waals surface area (Å²) in [6, 6.07) is 0. The van der Waals surface area contributed by atoms with Crippen molar-refractivity contribution in [3.05, 3.63) is 0 Å². The van der Waals surface area contributed by atoms with Crippen molar-refractivity contribution in [3.8, 4) is 0 Å².